The van der Waals surface area contributed by atoms with Crippen LogP contribution < -0.4 is 5.32 Å². The summed E-state index contributed by atoms with van der Waals surface area (Å²) in [5.74, 6) is 0.490. The van der Waals surface area contributed by atoms with Crippen molar-refractivity contribution in [3.8, 4) is 0 Å². The predicted molar refractivity (Wildman–Crippen MR) is 91.3 cm³/mol. The normalized spacial score (nSPS) is 11.2. The quantitative estimate of drug-likeness (QED) is 0.610. The summed E-state index contributed by atoms with van der Waals surface area (Å²) in [4.78, 5) is 20.0. The van der Waals surface area contributed by atoms with Crippen molar-refractivity contribution >= 4 is 33.8 Å². The zero-order valence-corrected chi connectivity index (χ0v) is 12.7. The van der Waals surface area contributed by atoms with Gasteiger partial charge < -0.3 is 9.55 Å². The number of hydrogen-bond acceptors (Lipinski definition) is 2. The number of benzene rings is 2. The molecule has 5 heteroatoms. The number of hydrogen-bond donors (Lipinski definition) is 2. The molecule has 4 rings (SSSR count). The lowest BCUT2D eigenvalue weighted by Crippen LogP contribution is -2.17. The Morgan fingerprint density at radius 2 is 1.96 bits per heavy atom. The molecule has 23 heavy (non-hydrogen) atoms. The topological polar surface area (TPSA) is 62.7 Å². The van der Waals surface area contributed by atoms with E-state index in [2.05, 4.69) is 15.3 Å². The number of anilines is 1. The molecule has 114 valence electrons. The summed E-state index contributed by atoms with van der Waals surface area (Å²) >= 11 is 0. The van der Waals surface area contributed by atoms with Crippen molar-refractivity contribution in [2.45, 2.75) is 6.42 Å². The summed E-state index contributed by atoms with van der Waals surface area (Å²) in [6.45, 7) is 0. The maximum Gasteiger partial charge on any atom is 0.231 e. The molecule has 0 aliphatic rings. The van der Waals surface area contributed by atoms with Crippen molar-refractivity contribution in [3.05, 3.63) is 60.3 Å². The highest BCUT2D eigenvalue weighted by Crippen LogP contribution is 2.20. The molecule has 4 aromatic rings. The molecular weight excluding hydrogens is 288 g/mol. The number of para-hydroxylation sites is 3. The van der Waals surface area contributed by atoms with Gasteiger partial charge in [0.25, 0.3) is 0 Å². The molecule has 2 aromatic carbocycles. The minimum atomic E-state index is -0.0758. The van der Waals surface area contributed by atoms with Crippen LogP contribution >= 0.6 is 0 Å². The monoisotopic (exact) mass is 304 g/mol. The zero-order chi connectivity index (χ0) is 15.8. The van der Waals surface area contributed by atoms with Crippen LogP contribution in [0, 0.1) is 0 Å². The number of nitrogens with zero attached hydrogens (tertiary/aromatic N) is 2. The molecule has 0 fully saturated rings. The third-order valence-corrected chi connectivity index (χ3v) is 4.06. The van der Waals surface area contributed by atoms with Crippen LogP contribution in [0.1, 0.15) is 5.56 Å². The third-order valence-electron chi connectivity index (χ3n) is 4.06. The first-order valence-corrected chi connectivity index (χ1v) is 7.48. The van der Waals surface area contributed by atoms with Gasteiger partial charge in [-0.05, 0) is 23.8 Å². The molecule has 5 nitrogen and oxygen atoms in total. The van der Waals surface area contributed by atoms with E-state index in [0.29, 0.717) is 12.4 Å². The second-order valence-corrected chi connectivity index (χ2v) is 5.57. The van der Waals surface area contributed by atoms with Crippen molar-refractivity contribution in [3.63, 3.8) is 0 Å². The number of aromatic nitrogens is 3. The second kappa shape index (κ2) is 5.28. The molecule has 2 heterocycles. The van der Waals surface area contributed by atoms with Gasteiger partial charge in [-0.3, -0.25) is 10.1 Å². The number of aryl methyl sites for hydroxylation is 1. The Kier molecular flexibility index (Phi) is 3.12. The molecule has 0 aliphatic heterocycles. The molecule has 0 unspecified atom stereocenters. The van der Waals surface area contributed by atoms with Crippen LogP contribution in [-0.2, 0) is 18.3 Å². The molecular formula is C18H16N4O. The van der Waals surface area contributed by atoms with Gasteiger partial charge in [0.05, 0.1) is 17.5 Å². The number of nitrogens with one attached hydrogen (secondary N) is 2. The van der Waals surface area contributed by atoms with Gasteiger partial charge in [-0.2, -0.15) is 0 Å². The molecule has 2 aromatic heterocycles. The van der Waals surface area contributed by atoms with Crippen LogP contribution in [0.3, 0.4) is 0 Å². The summed E-state index contributed by atoms with van der Waals surface area (Å²) in [6, 6.07) is 15.8. The van der Waals surface area contributed by atoms with Gasteiger partial charge in [0.15, 0.2) is 0 Å². The predicted octanol–water partition coefficient (Wildman–Crippen LogP) is 3.24. The molecule has 2 N–H and O–H groups in total. The lowest BCUT2D eigenvalue weighted by atomic mass is 10.1. The van der Waals surface area contributed by atoms with E-state index in [9.17, 15) is 4.79 Å². The van der Waals surface area contributed by atoms with Gasteiger partial charge in [-0.15, -0.1) is 0 Å². The van der Waals surface area contributed by atoms with Crippen molar-refractivity contribution in [1.29, 1.82) is 0 Å². The molecule has 0 saturated carbocycles. The SMILES string of the molecule is Cn1c(NC(=O)Cc2c[nH]c3ccccc23)nc2ccccc21. The number of aromatic amines is 1. The highest BCUT2D eigenvalue weighted by atomic mass is 16.1. The molecule has 1 amide bonds. The smallest absolute Gasteiger partial charge is 0.231 e. The fourth-order valence-electron chi connectivity index (χ4n) is 2.88. The molecule has 0 bridgehead atoms. The van der Waals surface area contributed by atoms with Crippen LogP contribution in [0.15, 0.2) is 54.7 Å². The van der Waals surface area contributed by atoms with Gasteiger partial charge in [-0.25, -0.2) is 4.98 Å². The lowest BCUT2D eigenvalue weighted by molar-refractivity contribution is -0.115. The van der Waals surface area contributed by atoms with Crippen molar-refractivity contribution < 1.29 is 4.79 Å². The first kappa shape index (κ1) is 13.6. The van der Waals surface area contributed by atoms with Gasteiger partial charge in [0.2, 0.25) is 11.9 Å². The molecule has 0 spiro atoms. The van der Waals surface area contributed by atoms with Crippen molar-refractivity contribution in [2.24, 2.45) is 7.05 Å². The van der Waals surface area contributed by atoms with E-state index < -0.39 is 0 Å². The van der Waals surface area contributed by atoms with E-state index >= 15 is 0 Å². The Morgan fingerprint density at radius 1 is 1.17 bits per heavy atom. The number of H-pyrrole nitrogens is 1. The van der Waals surface area contributed by atoms with E-state index in [-0.39, 0.29) is 5.91 Å². The number of rotatable bonds is 3. The number of carbonyl (C=O) groups excluding carboxylic acids is 1. The fourth-order valence-corrected chi connectivity index (χ4v) is 2.88. The molecule has 0 atom stereocenters. The molecule has 0 saturated heterocycles. The Hall–Kier alpha value is -3.08. The Morgan fingerprint density at radius 3 is 2.83 bits per heavy atom. The average Bonchev–Trinajstić information content (AvgIpc) is 3.10. The first-order chi connectivity index (χ1) is 11.2. The maximum atomic E-state index is 12.4. The summed E-state index contributed by atoms with van der Waals surface area (Å²) in [5.41, 5.74) is 3.89. The van der Waals surface area contributed by atoms with Crippen molar-refractivity contribution in [2.75, 3.05) is 5.32 Å². The van der Waals surface area contributed by atoms with Crippen LogP contribution in [0.4, 0.5) is 5.95 Å². The van der Waals surface area contributed by atoms with E-state index in [4.69, 9.17) is 0 Å². The molecule has 0 radical (unpaired) electrons. The minimum absolute atomic E-state index is 0.0758. The highest BCUT2D eigenvalue weighted by Gasteiger charge is 2.12. The van der Waals surface area contributed by atoms with Crippen molar-refractivity contribution in [1.82, 2.24) is 14.5 Å². The Balaban J connectivity index is 1.58. The van der Waals surface area contributed by atoms with Gasteiger partial charge in [0, 0.05) is 24.1 Å². The Bertz CT molecular complexity index is 1010. The summed E-state index contributed by atoms with van der Waals surface area (Å²) in [7, 11) is 1.90. The summed E-state index contributed by atoms with van der Waals surface area (Å²) < 4.78 is 1.89. The largest absolute Gasteiger partial charge is 0.361 e. The molecule has 0 aliphatic carbocycles. The fraction of sp³-hybridized carbons (Fsp3) is 0.111. The van der Waals surface area contributed by atoms with Crippen LogP contribution in [0.5, 0.6) is 0 Å². The van der Waals surface area contributed by atoms with Gasteiger partial charge >= 0.3 is 0 Å². The summed E-state index contributed by atoms with van der Waals surface area (Å²) in [6.07, 6.45) is 2.20. The summed E-state index contributed by atoms with van der Waals surface area (Å²) in [5, 5.41) is 3.98. The van der Waals surface area contributed by atoms with Crippen LogP contribution in [-0.4, -0.2) is 20.4 Å². The first-order valence-electron chi connectivity index (χ1n) is 7.48. The van der Waals surface area contributed by atoms with Crippen LogP contribution in [0.25, 0.3) is 21.9 Å². The minimum Gasteiger partial charge on any atom is -0.361 e. The average molecular weight is 304 g/mol. The lowest BCUT2D eigenvalue weighted by Gasteiger charge is -2.04. The number of imidazole rings is 1. The van der Waals surface area contributed by atoms with Gasteiger partial charge in [0.1, 0.15) is 0 Å². The van der Waals surface area contributed by atoms with E-state index in [1.165, 1.54) is 0 Å². The number of carbonyl (C=O) groups is 1. The zero-order valence-electron chi connectivity index (χ0n) is 12.7. The third kappa shape index (κ3) is 2.36. The highest BCUT2D eigenvalue weighted by molar-refractivity contribution is 5.96. The number of fused-ring (bicyclic) bond motifs is 2. The second-order valence-electron chi connectivity index (χ2n) is 5.57. The van der Waals surface area contributed by atoms with Crippen LogP contribution in [0.2, 0.25) is 0 Å². The number of amides is 1. The van der Waals surface area contributed by atoms with E-state index in [1.807, 2.05) is 66.3 Å². The van der Waals surface area contributed by atoms with E-state index in [0.717, 1.165) is 27.5 Å². The Labute approximate surface area is 133 Å². The standard InChI is InChI=1S/C18H16N4O/c1-22-16-9-5-4-8-15(16)20-18(22)21-17(23)10-12-11-19-14-7-3-2-6-13(12)14/h2-9,11,19H,10H2,1H3,(H,20,21,23). The van der Waals surface area contributed by atoms with E-state index in [1.54, 1.807) is 0 Å². The van der Waals surface area contributed by atoms with Gasteiger partial charge in [-0.1, -0.05) is 30.3 Å². The maximum absolute atomic E-state index is 12.4.